The van der Waals surface area contributed by atoms with Gasteiger partial charge in [0.2, 0.25) is 0 Å². The van der Waals surface area contributed by atoms with Gasteiger partial charge in [-0.3, -0.25) is 14.9 Å². The lowest BCUT2D eigenvalue weighted by molar-refractivity contribution is -0.385. The Kier molecular flexibility index (Phi) is 3.94. The molecule has 1 unspecified atom stereocenters. The minimum absolute atomic E-state index is 0.0596. The molecule has 1 saturated heterocycles. The highest BCUT2D eigenvalue weighted by Crippen LogP contribution is 2.26. The number of benzene rings is 1. The largest absolute Gasteiger partial charge is 0.399 e. The van der Waals surface area contributed by atoms with E-state index < -0.39 is 4.92 Å². The number of hydrogen-bond acceptors (Lipinski definition) is 5. The van der Waals surface area contributed by atoms with Gasteiger partial charge in [0.1, 0.15) is 5.56 Å². The fourth-order valence-electron chi connectivity index (χ4n) is 2.07. The number of carbonyl (C=O) groups excluding carboxylic acids is 1. The number of nitrogens with two attached hydrogens (primary N) is 1. The number of thioether (sulfide) groups is 1. The summed E-state index contributed by atoms with van der Waals surface area (Å²) in [6.07, 6.45) is 0.920. The van der Waals surface area contributed by atoms with Crippen molar-refractivity contribution in [2.45, 2.75) is 12.5 Å². The van der Waals surface area contributed by atoms with Gasteiger partial charge < -0.3 is 10.6 Å². The molecule has 6 nitrogen and oxygen atoms in total. The van der Waals surface area contributed by atoms with Crippen LogP contribution in [0.5, 0.6) is 0 Å². The van der Waals surface area contributed by atoms with Crippen LogP contribution >= 0.6 is 11.8 Å². The van der Waals surface area contributed by atoms with Crippen LogP contribution in [0.15, 0.2) is 18.2 Å². The maximum Gasteiger partial charge on any atom is 0.282 e. The highest BCUT2D eigenvalue weighted by molar-refractivity contribution is 7.99. The van der Waals surface area contributed by atoms with Crippen molar-refractivity contribution < 1.29 is 9.72 Å². The van der Waals surface area contributed by atoms with Crippen LogP contribution in [0, 0.1) is 10.1 Å². The summed E-state index contributed by atoms with van der Waals surface area (Å²) in [4.78, 5) is 24.4. The number of nitro benzene ring substituents is 1. The van der Waals surface area contributed by atoms with Crippen molar-refractivity contribution in [1.29, 1.82) is 0 Å². The predicted molar refractivity (Wildman–Crippen MR) is 75.3 cm³/mol. The lowest BCUT2D eigenvalue weighted by atomic mass is 10.1. The maximum atomic E-state index is 12.4. The van der Waals surface area contributed by atoms with E-state index in [4.69, 9.17) is 5.73 Å². The number of rotatable bonds is 3. The second-order valence-electron chi connectivity index (χ2n) is 4.47. The summed E-state index contributed by atoms with van der Waals surface area (Å²) in [5, 5.41) is 11.0. The number of hydrogen-bond donors (Lipinski definition) is 1. The molecule has 0 radical (unpaired) electrons. The molecule has 102 valence electrons. The molecule has 1 heterocycles. The third-order valence-electron chi connectivity index (χ3n) is 3.22. The van der Waals surface area contributed by atoms with Crippen molar-refractivity contribution in [1.82, 2.24) is 4.90 Å². The quantitative estimate of drug-likeness (QED) is 0.518. The maximum absolute atomic E-state index is 12.4. The van der Waals surface area contributed by atoms with Gasteiger partial charge in [-0.25, -0.2) is 0 Å². The number of anilines is 1. The number of nitrogens with zero attached hydrogens (tertiary/aromatic N) is 2. The molecule has 0 saturated carbocycles. The predicted octanol–water partition coefficient (Wildman–Crippen LogP) is 1.75. The monoisotopic (exact) mass is 281 g/mol. The van der Waals surface area contributed by atoms with Gasteiger partial charge in [-0.2, -0.15) is 11.8 Å². The minimum Gasteiger partial charge on any atom is -0.399 e. The summed E-state index contributed by atoms with van der Waals surface area (Å²) in [5.74, 6) is 1.55. The van der Waals surface area contributed by atoms with Gasteiger partial charge in [0.05, 0.1) is 4.92 Å². The van der Waals surface area contributed by atoms with E-state index in [-0.39, 0.29) is 23.2 Å². The average Bonchev–Trinajstić information content (AvgIpc) is 2.90. The van der Waals surface area contributed by atoms with Crippen LogP contribution in [0.3, 0.4) is 0 Å². The van der Waals surface area contributed by atoms with E-state index in [1.165, 1.54) is 18.2 Å². The summed E-state index contributed by atoms with van der Waals surface area (Å²) >= 11 is 1.78. The second-order valence-corrected chi connectivity index (χ2v) is 5.62. The molecule has 1 atom stereocenters. The van der Waals surface area contributed by atoms with E-state index in [1.807, 2.05) is 0 Å². The standard InChI is InChI=1S/C12H15N3O3S/c1-14(9-4-5-19-7-9)12(16)10-6-8(13)2-3-11(10)15(17)18/h2-3,6,9H,4-5,7,13H2,1H3. The molecule has 0 spiro atoms. The van der Waals surface area contributed by atoms with Crippen molar-refractivity contribution in [2.75, 3.05) is 24.3 Å². The van der Waals surface area contributed by atoms with E-state index in [0.717, 1.165) is 17.9 Å². The van der Waals surface area contributed by atoms with E-state index in [2.05, 4.69) is 0 Å². The van der Waals surface area contributed by atoms with E-state index in [1.54, 1.807) is 23.7 Å². The molecule has 1 fully saturated rings. The number of amides is 1. The molecule has 1 aliphatic rings. The van der Waals surface area contributed by atoms with Crippen molar-refractivity contribution in [3.63, 3.8) is 0 Å². The molecular formula is C12H15N3O3S. The Hall–Kier alpha value is -1.76. The fraction of sp³-hybridized carbons (Fsp3) is 0.417. The molecule has 0 aromatic heterocycles. The molecule has 0 aliphatic carbocycles. The lowest BCUT2D eigenvalue weighted by Gasteiger charge is -2.23. The number of carbonyl (C=O) groups is 1. The Morgan fingerprint density at radius 2 is 2.32 bits per heavy atom. The topological polar surface area (TPSA) is 89.5 Å². The Balaban J connectivity index is 2.31. The Bertz CT molecular complexity index is 515. The first kappa shape index (κ1) is 13.7. The Morgan fingerprint density at radius 3 is 2.89 bits per heavy atom. The molecule has 2 rings (SSSR count). The molecule has 1 aromatic carbocycles. The fourth-order valence-corrected chi connectivity index (χ4v) is 3.34. The summed E-state index contributed by atoms with van der Waals surface area (Å²) in [5.41, 5.74) is 5.83. The van der Waals surface area contributed by atoms with Crippen LogP contribution in [0.4, 0.5) is 11.4 Å². The average molecular weight is 281 g/mol. The normalized spacial score (nSPS) is 18.3. The van der Waals surface area contributed by atoms with Gasteiger partial charge in [0.25, 0.3) is 11.6 Å². The zero-order chi connectivity index (χ0) is 14.0. The molecule has 1 amide bonds. The summed E-state index contributed by atoms with van der Waals surface area (Å²) < 4.78 is 0. The van der Waals surface area contributed by atoms with Crippen LogP contribution < -0.4 is 5.73 Å². The third kappa shape index (κ3) is 2.81. The van der Waals surface area contributed by atoms with Crippen LogP contribution in [0.2, 0.25) is 0 Å². The van der Waals surface area contributed by atoms with Crippen LogP contribution in [-0.2, 0) is 0 Å². The van der Waals surface area contributed by atoms with Crippen molar-refractivity contribution in [3.05, 3.63) is 33.9 Å². The van der Waals surface area contributed by atoms with Crippen molar-refractivity contribution >= 4 is 29.0 Å². The van der Waals surface area contributed by atoms with E-state index in [9.17, 15) is 14.9 Å². The molecule has 2 N–H and O–H groups in total. The third-order valence-corrected chi connectivity index (χ3v) is 4.37. The number of nitro groups is 1. The van der Waals surface area contributed by atoms with Gasteiger partial charge in [-0.15, -0.1) is 0 Å². The first-order valence-electron chi connectivity index (χ1n) is 5.89. The van der Waals surface area contributed by atoms with Gasteiger partial charge >= 0.3 is 0 Å². The minimum atomic E-state index is -0.552. The van der Waals surface area contributed by atoms with Crippen molar-refractivity contribution in [2.24, 2.45) is 0 Å². The highest BCUT2D eigenvalue weighted by Gasteiger charge is 2.29. The number of nitrogen functional groups attached to an aromatic ring is 1. The van der Waals surface area contributed by atoms with E-state index >= 15 is 0 Å². The molecule has 0 bridgehead atoms. The highest BCUT2D eigenvalue weighted by atomic mass is 32.2. The van der Waals surface area contributed by atoms with Gasteiger partial charge in [-0.05, 0) is 24.3 Å². The zero-order valence-electron chi connectivity index (χ0n) is 10.5. The summed E-state index contributed by atoms with van der Waals surface area (Å²) in [7, 11) is 1.69. The molecule has 19 heavy (non-hydrogen) atoms. The smallest absolute Gasteiger partial charge is 0.282 e. The first-order chi connectivity index (χ1) is 9.00. The molecule has 1 aromatic rings. The molecular weight excluding hydrogens is 266 g/mol. The summed E-state index contributed by atoms with van der Waals surface area (Å²) in [6, 6.07) is 4.22. The molecule has 1 aliphatic heterocycles. The van der Waals surface area contributed by atoms with Crippen LogP contribution in [0.1, 0.15) is 16.8 Å². The van der Waals surface area contributed by atoms with Crippen LogP contribution in [0.25, 0.3) is 0 Å². The Morgan fingerprint density at radius 1 is 1.58 bits per heavy atom. The Labute approximate surface area is 115 Å². The van der Waals surface area contributed by atoms with Crippen molar-refractivity contribution in [3.8, 4) is 0 Å². The van der Waals surface area contributed by atoms with E-state index in [0.29, 0.717) is 5.69 Å². The zero-order valence-corrected chi connectivity index (χ0v) is 11.4. The van der Waals surface area contributed by atoms with Crippen LogP contribution in [-0.4, -0.2) is 40.3 Å². The summed E-state index contributed by atoms with van der Waals surface area (Å²) in [6.45, 7) is 0. The first-order valence-corrected chi connectivity index (χ1v) is 7.05. The molecule has 7 heteroatoms. The lowest BCUT2D eigenvalue weighted by Crippen LogP contribution is -2.37. The second kappa shape index (κ2) is 5.48. The van der Waals surface area contributed by atoms with Gasteiger partial charge in [0.15, 0.2) is 0 Å². The van der Waals surface area contributed by atoms with Gasteiger partial charge in [-0.1, -0.05) is 0 Å². The SMILES string of the molecule is CN(C(=O)c1cc(N)ccc1[N+](=O)[O-])C1CCSC1. The van der Waals surface area contributed by atoms with Gasteiger partial charge in [0, 0.05) is 30.6 Å².